The molecule has 3 aromatic rings. The molecule has 3 amide bonds. The van der Waals surface area contributed by atoms with Crippen molar-refractivity contribution in [3.8, 4) is 0 Å². The van der Waals surface area contributed by atoms with E-state index in [0.717, 1.165) is 21.9 Å². The normalized spacial score (nSPS) is 14.5. The van der Waals surface area contributed by atoms with E-state index >= 15 is 0 Å². The Kier molecular flexibility index (Phi) is 3.99. The minimum atomic E-state index is -0.906. The number of rotatable bonds is 4. The van der Waals surface area contributed by atoms with Gasteiger partial charge in [0.1, 0.15) is 11.7 Å². The number of aryl methyl sites for hydroxylation is 1. The molecule has 0 fully saturated rings. The average Bonchev–Trinajstić information content (AvgIpc) is 3.13. The first kappa shape index (κ1) is 17.0. The van der Waals surface area contributed by atoms with Crippen LogP contribution in [0.4, 0.5) is 0 Å². The first-order valence-electron chi connectivity index (χ1n) is 8.66. The number of carbonyl (C=O) groups is 3. The van der Waals surface area contributed by atoms with Gasteiger partial charge in [0.2, 0.25) is 5.91 Å². The summed E-state index contributed by atoms with van der Waals surface area (Å²) in [6.45, 7) is 3.68. The van der Waals surface area contributed by atoms with Gasteiger partial charge in [0.05, 0.1) is 29.1 Å². The molecule has 4 rings (SSSR count). The van der Waals surface area contributed by atoms with Crippen LogP contribution in [0, 0.1) is 6.92 Å². The number of hydrogen-bond donors (Lipinski definition) is 1. The molecule has 0 spiro atoms. The van der Waals surface area contributed by atoms with Gasteiger partial charge in [-0.25, -0.2) is 4.98 Å². The maximum Gasteiger partial charge on any atom is 0.262 e. The third kappa shape index (κ3) is 2.68. The number of aromatic nitrogens is 2. The van der Waals surface area contributed by atoms with E-state index < -0.39 is 23.8 Å². The molecule has 1 unspecified atom stereocenters. The fraction of sp³-hybridized carbons (Fsp3) is 0.200. The molecule has 27 heavy (non-hydrogen) atoms. The van der Waals surface area contributed by atoms with Gasteiger partial charge in [-0.15, -0.1) is 0 Å². The van der Waals surface area contributed by atoms with Crippen LogP contribution < -0.4 is 5.32 Å². The lowest BCUT2D eigenvalue weighted by Crippen LogP contribution is -2.47. The molecule has 3 heterocycles. The van der Waals surface area contributed by atoms with E-state index in [1.165, 1.54) is 0 Å². The molecule has 1 aliphatic heterocycles. The third-order valence-corrected chi connectivity index (χ3v) is 4.85. The molecule has 0 saturated heterocycles. The van der Waals surface area contributed by atoms with E-state index in [-0.39, 0.29) is 6.54 Å². The molecular weight excluding hydrogens is 344 g/mol. The van der Waals surface area contributed by atoms with Gasteiger partial charge in [0, 0.05) is 6.20 Å². The number of fused-ring (bicyclic) bond motifs is 2. The number of imide groups is 1. The molecule has 1 atom stereocenters. The molecule has 0 bridgehead atoms. The van der Waals surface area contributed by atoms with Crippen LogP contribution in [0.1, 0.15) is 39.0 Å². The molecular formula is C20H18N4O3. The van der Waals surface area contributed by atoms with Crippen LogP contribution in [0.25, 0.3) is 5.65 Å². The Morgan fingerprint density at radius 3 is 2.37 bits per heavy atom. The third-order valence-electron chi connectivity index (χ3n) is 4.85. The minimum Gasteiger partial charge on any atom is -0.349 e. The molecule has 0 aliphatic carbocycles. The van der Waals surface area contributed by atoms with Crippen LogP contribution >= 0.6 is 0 Å². The highest BCUT2D eigenvalue weighted by atomic mass is 16.2. The van der Waals surface area contributed by atoms with Gasteiger partial charge in [0.25, 0.3) is 11.8 Å². The van der Waals surface area contributed by atoms with Crippen molar-refractivity contribution in [1.82, 2.24) is 19.6 Å². The highest BCUT2D eigenvalue weighted by Gasteiger charge is 2.40. The summed E-state index contributed by atoms with van der Waals surface area (Å²) >= 11 is 0. The number of nitrogens with zero attached hydrogens (tertiary/aromatic N) is 3. The standard InChI is InChI=1S/C20H18N4O3/c1-12-16(23-10-6-5-9-17(23)22-12)11-21-18(25)13(2)24-19(26)14-7-3-4-8-15(14)20(24)27/h3-10,13H,11H2,1-2H3,(H,21,25). The zero-order valence-corrected chi connectivity index (χ0v) is 15.0. The fourth-order valence-corrected chi connectivity index (χ4v) is 3.37. The number of amides is 3. The summed E-state index contributed by atoms with van der Waals surface area (Å²) in [5, 5.41) is 2.82. The van der Waals surface area contributed by atoms with E-state index in [0.29, 0.717) is 11.1 Å². The van der Waals surface area contributed by atoms with Crippen LogP contribution in [0.2, 0.25) is 0 Å². The predicted molar refractivity (Wildman–Crippen MR) is 98.2 cm³/mol. The van der Waals surface area contributed by atoms with Gasteiger partial charge in [-0.3, -0.25) is 19.3 Å². The van der Waals surface area contributed by atoms with Crippen molar-refractivity contribution in [2.24, 2.45) is 0 Å². The van der Waals surface area contributed by atoms with E-state index in [1.54, 1.807) is 31.2 Å². The van der Waals surface area contributed by atoms with E-state index in [4.69, 9.17) is 0 Å². The Morgan fingerprint density at radius 1 is 1.07 bits per heavy atom. The number of pyridine rings is 1. The lowest BCUT2D eigenvalue weighted by molar-refractivity contribution is -0.124. The van der Waals surface area contributed by atoms with E-state index in [9.17, 15) is 14.4 Å². The summed E-state index contributed by atoms with van der Waals surface area (Å²) < 4.78 is 1.91. The van der Waals surface area contributed by atoms with Gasteiger partial charge in [-0.05, 0) is 38.1 Å². The van der Waals surface area contributed by atoms with E-state index in [2.05, 4.69) is 10.3 Å². The summed E-state index contributed by atoms with van der Waals surface area (Å²) in [7, 11) is 0. The second kappa shape index (κ2) is 6.35. The Morgan fingerprint density at radius 2 is 1.70 bits per heavy atom. The number of imidazole rings is 1. The molecule has 1 aromatic carbocycles. The summed E-state index contributed by atoms with van der Waals surface area (Å²) in [4.78, 5) is 43.2. The molecule has 0 saturated carbocycles. The SMILES string of the molecule is Cc1nc2ccccn2c1CNC(=O)C(C)N1C(=O)c2ccccc2C1=O. The van der Waals surface area contributed by atoms with Crippen molar-refractivity contribution in [1.29, 1.82) is 0 Å². The Labute approximate surface area is 155 Å². The van der Waals surface area contributed by atoms with Gasteiger partial charge in [-0.1, -0.05) is 18.2 Å². The van der Waals surface area contributed by atoms with Crippen LogP contribution in [0.5, 0.6) is 0 Å². The minimum absolute atomic E-state index is 0.253. The summed E-state index contributed by atoms with van der Waals surface area (Å²) in [5.74, 6) is -1.27. The highest BCUT2D eigenvalue weighted by Crippen LogP contribution is 2.24. The topological polar surface area (TPSA) is 83.8 Å². The van der Waals surface area contributed by atoms with Crippen molar-refractivity contribution in [2.45, 2.75) is 26.4 Å². The summed E-state index contributed by atoms with van der Waals surface area (Å²) in [6.07, 6.45) is 1.88. The molecule has 1 N–H and O–H groups in total. The highest BCUT2D eigenvalue weighted by molar-refractivity contribution is 6.22. The maximum atomic E-state index is 12.6. The molecule has 1 aliphatic rings. The molecule has 0 radical (unpaired) electrons. The second-order valence-electron chi connectivity index (χ2n) is 6.49. The van der Waals surface area contributed by atoms with Gasteiger partial charge in [-0.2, -0.15) is 0 Å². The molecule has 7 heteroatoms. The first-order valence-corrected chi connectivity index (χ1v) is 8.66. The predicted octanol–water partition coefficient (Wildman–Crippen LogP) is 1.94. The van der Waals surface area contributed by atoms with Gasteiger partial charge < -0.3 is 9.72 Å². The lowest BCUT2D eigenvalue weighted by atomic mass is 10.1. The van der Waals surface area contributed by atoms with Crippen molar-refractivity contribution < 1.29 is 14.4 Å². The van der Waals surface area contributed by atoms with Crippen LogP contribution in [0.3, 0.4) is 0 Å². The zero-order valence-electron chi connectivity index (χ0n) is 15.0. The largest absolute Gasteiger partial charge is 0.349 e. The van der Waals surface area contributed by atoms with Crippen molar-refractivity contribution in [3.63, 3.8) is 0 Å². The van der Waals surface area contributed by atoms with Crippen LogP contribution in [0.15, 0.2) is 48.7 Å². The molecule has 7 nitrogen and oxygen atoms in total. The molecule has 2 aromatic heterocycles. The second-order valence-corrected chi connectivity index (χ2v) is 6.49. The number of nitrogens with one attached hydrogen (secondary N) is 1. The lowest BCUT2D eigenvalue weighted by Gasteiger charge is -2.21. The van der Waals surface area contributed by atoms with Crippen molar-refractivity contribution >= 4 is 23.4 Å². The first-order chi connectivity index (χ1) is 13.0. The van der Waals surface area contributed by atoms with Crippen molar-refractivity contribution in [2.75, 3.05) is 0 Å². The Hall–Kier alpha value is -3.48. The smallest absolute Gasteiger partial charge is 0.262 e. The van der Waals surface area contributed by atoms with Gasteiger partial charge in [0.15, 0.2) is 0 Å². The van der Waals surface area contributed by atoms with Crippen LogP contribution in [-0.4, -0.2) is 38.0 Å². The van der Waals surface area contributed by atoms with Gasteiger partial charge >= 0.3 is 0 Å². The fourth-order valence-electron chi connectivity index (χ4n) is 3.37. The van der Waals surface area contributed by atoms with Crippen molar-refractivity contribution in [3.05, 3.63) is 71.2 Å². The zero-order chi connectivity index (χ0) is 19.1. The summed E-state index contributed by atoms with van der Waals surface area (Å²) in [6, 6.07) is 11.4. The number of carbonyl (C=O) groups excluding carboxylic acids is 3. The average molecular weight is 362 g/mol. The molecule has 136 valence electrons. The number of benzene rings is 1. The summed E-state index contributed by atoms with van der Waals surface area (Å²) in [5.41, 5.74) is 3.13. The monoisotopic (exact) mass is 362 g/mol. The number of hydrogen-bond acceptors (Lipinski definition) is 4. The quantitative estimate of drug-likeness (QED) is 0.719. The van der Waals surface area contributed by atoms with E-state index in [1.807, 2.05) is 35.7 Å². The Bertz CT molecular complexity index is 1050. The Balaban J connectivity index is 1.51. The maximum absolute atomic E-state index is 12.6. The van der Waals surface area contributed by atoms with Crippen LogP contribution in [-0.2, 0) is 11.3 Å².